The van der Waals surface area contributed by atoms with Gasteiger partial charge in [0.25, 0.3) is 5.91 Å². The maximum absolute atomic E-state index is 12.6. The molecule has 0 bridgehead atoms. The highest BCUT2D eigenvalue weighted by atomic mass is 16.4. The Labute approximate surface area is 124 Å². The first-order valence-electron chi connectivity index (χ1n) is 7.75. The average molecular weight is 293 g/mol. The Morgan fingerprint density at radius 3 is 2.43 bits per heavy atom. The van der Waals surface area contributed by atoms with E-state index in [0.717, 1.165) is 25.7 Å². The van der Waals surface area contributed by atoms with Gasteiger partial charge >= 0.3 is 5.97 Å². The van der Waals surface area contributed by atoms with Crippen LogP contribution in [0.2, 0.25) is 0 Å². The van der Waals surface area contributed by atoms with Gasteiger partial charge in [-0.15, -0.1) is 0 Å². The Hall–Kier alpha value is -1.78. The van der Waals surface area contributed by atoms with Gasteiger partial charge in [0.15, 0.2) is 5.76 Å². The Morgan fingerprint density at radius 2 is 1.86 bits per heavy atom. The average Bonchev–Trinajstić information content (AvgIpc) is 2.94. The summed E-state index contributed by atoms with van der Waals surface area (Å²) in [6.07, 6.45) is 9.19. The molecule has 0 aromatic carbocycles. The fourth-order valence-electron chi connectivity index (χ4n) is 2.95. The zero-order valence-electron chi connectivity index (χ0n) is 12.3. The standard InChI is InChI=1S/C16H23NO4/c18-15(19)10-11-17(16(20)14-9-6-12-21-14)13-7-4-2-1-3-5-8-13/h6,9,12-13H,1-5,7-8,10-11H2,(H,18,19). The van der Waals surface area contributed by atoms with Crippen LogP contribution >= 0.6 is 0 Å². The zero-order valence-corrected chi connectivity index (χ0v) is 12.3. The number of hydrogen-bond acceptors (Lipinski definition) is 3. The van der Waals surface area contributed by atoms with Crippen molar-refractivity contribution in [3.8, 4) is 0 Å². The maximum atomic E-state index is 12.6. The first kappa shape index (κ1) is 15.6. The van der Waals surface area contributed by atoms with Gasteiger partial charge < -0.3 is 14.4 Å². The number of carboxylic acid groups (broad SMARTS) is 1. The van der Waals surface area contributed by atoms with Crippen molar-refractivity contribution in [2.24, 2.45) is 0 Å². The quantitative estimate of drug-likeness (QED) is 0.904. The van der Waals surface area contributed by atoms with E-state index in [-0.39, 0.29) is 24.9 Å². The van der Waals surface area contributed by atoms with Gasteiger partial charge in [-0.05, 0) is 25.0 Å². The van der Waals surface area contributed by atoms with Gasteiger partial charge in [0, 0.05) is 12.6 Å². The maximum Gasteiger partial charge on any atom is 0.305 e. The first-order chi connectivity index (χ1) is 10.2. The number of hydrogen-bond donors (Lipinski definition) is 1. The Bertz CT molecular complexity index is 447. The van der Waals surface area contributed by atoms with E-state index >= 15 is 0 Å². The molecule has 0 radical (unpaired) electrons. The molecular weight excluding hydrogens is 270 g/mol. The van der Waals surface area contributed by atoms with Crippen molar-refractivity contribution in [2.75, 3.05) is 6.54 Å². The van der Waals surface area contributed by atoms with Crippen molar-refractivity contribution >= 4 is 11.9 Å². The summed E-state index contributed by atoms with van der Waals surface area (Å²) in [6.45, 7) is 0.250. The highest BCUT2D eigenvalue weighted by Gasteiger charge is 2.26. The van der Waals surface area contributed by atoms with Crippen molar-refractivity contribution < 1.29 is 19.1 Å². The summed E-state index contributed by atoms with van der Waals surface area (Å²) in [6, 6.07) is 3.45. The molecule has 1 amide bonds. The predicted octanol–water partition coefficient (Wildman–Crippen LogP) is 3.31. The number of aliphatic carboxylic acids is 1. The molecule has 0 unspecified atom stereocenters. The van der Waals surface area contributed by atoms with E-state index in [1.807, 2.05) is 0 Å². The molecule has 1 aliphatic carbocycles. The van der Waals surface area contributed by atoms with E-state index in [1.165, 1.54) is 25.5 Å². The normalized spacial score (nSPS) is 17.0. The molecule has 1 fully saturated rings. The van der Waals surface area contributed by atoms with Crippen LogP contribution in [0.15, 0.2) is 22.8 Å². The minimum atomic E-state index is -0.877. The summed E-state index contributed by atoms with van der Waals surface area (Å²) in [5, 5.41) is 8.91. The van der Waals surface area contributed by atoms with Crippen LogP contribution in [0.4, 0.5) is 0 Å². The number of carbonyl (C=O) groups excluding carboxylic acids is 1. The lowest BCUT2D eigenvalue weighted by molar-refractivity contribution is -0.137. The number of amides is 1. The van der Waals surface area contributed by atoms with E-state index in [4.69, 9.17) is 9.52 Å². The van der Waals surface area contributed by atoms with E-state index in [0.29, 0.717) is 5.76 Å². The molecule has 0 atom stereocenters. The van der Waals surface area contributed by atoms with Crippen LogP contribution in [-0.2, 0) is 4.79 Å². The molecule has 1 aromatic heterocycles. The van der Waals surface area contributed by atoms with Crippen LogP contribution in [0.25, 0.3) is 0 Å². The molecule has 1 N–H and O–H groups in total. The van der Waals surface area contributed by atoms with Crippen molar-refractivity contribution in [3.05, 3.63) is 24.2 Å². The molecule has 1 saturated carbocycles. The SMILES string of the molecule is O=C(O)CCN(C(=O)c1ccco1)C1CCCCCCC1. The van der Waals surface area contributed by atoms with Gasteiger partial charge in [-0.2, -0.15) is 0 Å². The second-order valence-electron chi connectivity index (χ2n) is 5.62. The summed E-state index contributed by atoms with van der Waals surface area (Å²) in [4.78, 5) is 25.1. The molecule has 0 spiro atoms. The van der Waals surface area contributed by atoms with Crippen molar-refractivity contribution in [1.29, 1.82) is 0 Å². The Balaban J connectivity index is 2.09. The predicted molar refractivity (Wildman–Crippen MR) is 78.1 cm³/mol. The molecule has 21 heavy (non-hydrogen) atoms. The van der Waals surface area contributed by atoms with Gasteiger partial charge in [0.1, 0.15) is 0 Å². The summed E-state index contributed by atoms with van der Waals surface area (Å²) in [5.74, 6) is -0.771. The van der Waals surface area contributed by atoms with Crippen LogP contribution in [-0.4, -0.2) is 34.5 Å². The van der Waals surface area contributed by atoms with Crippen LogP contribution in [0.5, 0.6) is 0 Å². The van der Waals surface area contributed by atoms with Crippen molar-refractivity contribution in [3.63, 3.8) is 0 Å². The fourth-order valence-corrected chi connectivity index (χ4v) is 2.95. The van der Waals surface area contributed by atoms with Crippen LogP contribution < -0.4 is 0 Å². The van der Waals surface area contributed by atoms with Gasteiger partial charge in [-0.1, -0.05) is 32.1 Å². The number of furan rings is 1. The summed E-state index contributed by atoms with van der Waals surface area (Å²) < 4.78 is 5.19. The molecular formula is C16H23NO4. The Kier molecular flexibility index (Phi) is 5.84. The van der Waals surface area contributed by atoms with E-state index < -0.39 is 5.97 Å². The van der Waals surface area contributed by atoms with E-state index in [9.17, 15) is 9.59 Å². The first-order valence-corrected chi connectivity index (χ1v) is 7.75. The molecule has 2 rings (SSSR count). The van der Waals surface area contributed by atoms with Crippen molar-refractivity contribution in [1.82, 2.24) is 4.90 Å². The third-order valence-corrected chi connectivity index (χ3v) is 4.07. The number of nitrogens with zero attached hydrogens (tertiary/aromatic N) is 1. The minimum Gasteiger partial charge on any atom is -0.481 e. The largest absolute Gasteiger partial charge is 0.481 e. The highest BCUT2D eigenvalue weighted by Crippen LogP contribution is 2.23. The van der Waals surface area contributed by atoms with Gasteiger partial charge in [0.2, 0.25) is 0 Å². The summed E-state index contributed by atoms with van der Waals surface area (Å²) >= 11 is 0. The smallest absolute Gasteiger partial charge is 0.305 e. The summed E-state index contributed by atoms with van der Waals surface area (Å²) in [7, 11) is 0. The molecule has 0 saturated heterocycles. The molecule has 1 heterocycles. The highest BCUT2D eigenvalue weighted by molar-refractivity contribution is 5.91. The second-order valence-corrected chi connectivity index (χ2v) is 5.62. The van der Waals surface area contributed by atoms with Crippen LogP contribution in [0.3, 0.4) is 0 Å². The third kappa shape index (κ3) is 4.62. The van der Waals surface area contributed by atoms with Gasteiger partial charge in [-0.25, -0.2) is 0 Å². The minimum absolute atomic E-state index is 0.0249. The molecule has 1 aromatic rings. The zero-order chi connectivity index (χ0) is 15.1. The number of rotatable bonds is 5. The molecule has 5 heteroatoms. The monoisotopic (exact) mass is 293 g/mol. The second kappa shape index (κ2) is 7.86. The summed E-state index contributed by atoms with van der Waals surface area (Å²) in [5.41, 5.74) is 0. The van der Waals surface area contributed by atoms with Crippen LogP contribution in [0.1, 0.15) is 61.9 Å². The molecule has 1 aliphatic rings. The number of carbonyl (C=O) groups is 2. The molecule has 5 nitrogen and oxygen atoms in total. The fraction of sp³-hybridized carbons (Fsp3) is 0.625. The Morgan fingerprint density at radius 1 is 1.19 bits per heavy atom. The third-order valence-electron chi connectivity index (χ3n) is 4.07. The van der Waals surface area contributed by atoms with E-state index in [1.54, 1.807) is 17.0 Å². The lowest BCUT2D eigenvalue weighted by atomic mass is 9.95. The topological polar surface area (TPSA) is 70.8 Å². The van der Waals surface area contributed by atoms with E-state index in [2.05, 4.69) is 0 Å². The van der Waals surface area contributed by atoms with Gasteiger partial charge in [0.05, 0.1) is 12.7 Å². The lowest BCUT2D eigenvalue weighted by Gasteiger charge is -2.32. The number of carboxylic acids is 1. The molecule has 0 aliphatic heterocycles. The van der Waals surface area contributed by atoms with Crippen molar-refractivity contribution in [2.45, 2.75) is 57.4 Å². The van der Waals surface area contributed by atoms with Gasteiger partial charge in [-0.3, -0.25) is 9.59 Å². The van der Waals surface area contributed by atoms with Crippen LogP contribution in [0, 0.1) is 0 Å². The lowest BCUT2D eigenvalue weighted by Crippen LogP contribution is -2.42. The molecule has 116 valence electrons.